The number of nitrogens with one attached hydrogen (secondary N) is 1. The van der Waals surface area contributed by atoms with Gasteiger partial charge in [0.1, 0.15) is 16.4 Å². The molecule has 3 aromatic rings. The zero-order valence-corrected chi connectivity index (χ0v) is 17.1. The van der Waals surface area contributed by atoms with Gasteiger partial charge in [0.2, 0.25) is 0 Å². The Hall–Kier alpha value is -2.40. The van der Waals surface area contributed by atoms with Crippen LogP contribution >= 0.6 is 11.3 Å². The second kappa shape index (κ2) is 7.69. The van der Waals surface area contributed by atoms with Gasteiger partial charge >= 0.3 is 6.18 Å². The highest BCUT2D eigenvalue weighted by Crippen LogP contribution is 2.36. The molecule has 0 amide bonds. The van der Waals surface area contributed by atoms with E-state index in [4.69, 9.17) is 0 Å². The van der Waals surface area contributed by atoms with Crippen molar-refractivity contribution in [2.75, 3.05) is 4.72 Å². The second-order valence-electron chi connectivity index (χ2n) is 7.04. The summed E-state index contributed by atoms with van der Waals surface area (Å²) in [5.74, 6) is -1.47. The van der Waals surface area contributed by atoms with E-state index in [0.717, 1.165) is 31.7 Å². The van der Waals surface area contributed by atoms with Crippen LogP contribution in [0.25, 0.3) is 10.6 Å². The highest BCUT2D eigenvalue weighted by Gasteiger charge is 2.35. The zero-order valence-electron chi connectivity index (χ0n) is 15.5. The third kappa shape index (κ3) is 4.08. The van der Waals surface area contributed by atoms with Crippen molar-refractivity contribution in [2.45, 2.75) is 42.8 Å². The van der Waals surface area contributed by atoms with Gasteiger partial charge in [-0.15, -0.1) is 11.3 Å². The van der Waals surface area contributed by atoms with Crippen molar-refractivity contribution in [3.63, 3.8) is 0 Å². The van der Waals surface area contributed by atoms with E-state index in [1.165, 1.54) is 17.5 Å². The lowest BCUT2D eigenvalue weighted by molar-refractivity contribution is -0.139. The van der Waals surface area contributed by atoms with Gasteiger partial charge in [-0.3, -0.25) is 9.40 Å². The van der Waals surface area contributed by atoms with Crippen LogP contribution in [-0.4, -0.2) is 18.2 Å². The number of hydrogen-bond donors (Lipinski definition) is 1. The van der Waals surface area contributed by atoms with Crippen LogP contribution in [0.1, 0.15) is 37.3 Å². The minimum Gasteiger partial charge on any atom is -0.279 e. The van der Waals surface area contributed by atoms with Gasteiger partial charge < -0.3 is 0 Å². The molecule has 0 saturated heterocycles. The lowest BCUT2D eigenvalue weighted by Gasteiger charge is -2.12. The first kappa shape index (κ1) is 20.9. The van der Waals surface area contributed by atoms with Gasteiger partial charge in [-0.1, -0.05) is 18.9 Å². The van der Waals surface area contributed by atoms with Crippen molar-refractivity contribution in [3.8, 4) is 10.6 Å². The SMILES string of the molecule is O=S(=O)(Nc1ccc(F)c(C(F)(F)F)c1)c1cn(C2CCCC2)nc1-c1cccs1. The fourth-order valence-corrected chi connectivity index (χ4v) is 5.51. The Morgan fingerprint density at radius 3 is 2.53 bits per heavy atom. The van der Waals surface area contributed by atoms with Crippen LogP contribution in [0.3, 0.4) is 0 Å². The molecule has 11 heteroatoms. The summed E-state index contributed by atoms with van der Waals surface area (Å²) < 4.78 is 82.4. The highest BCUT2D eigenvalue weighted by molar-refractivity contribution is 7.92. The predicted molar refractivity (Wildman–Crippen MR) is 105 cm³/mol. The molecule has 1 N–H and O–H groups in total. The van der Waals surface area contributed by atoms with E-state index >= 15 is 0 Å². The van der Waals surface area contributed by atoms with Crippen molar-refractivity contribution in [1.82, 2.24) is 9.78 Å². The molecular weight excluding hydrogens is 442 g/mol. The molecule has 2 aromatic heterocycles. The normalized spacial score (nSPS) is 15.6. The van der Waals surface area contributed by atoms with Gasteiger partial charge in [-0.05, 0) is 42.5 Å². The molecule has 4 rings (SSSR count). The molecule has 1 fully saturated rings. The lowest BCUT2D eigenvalue weighted by Crippen LogP contribution is -2.15. The molecule has 0 radical (unpaired) electrons. The van der Waals surface area contributed by atoms with Crippen LogP contribution in [0.5, 0.6) is 0 Å². The molecule has 1 saturated carbocycles. The Labute approximate surface area is 174 Å². The van der Waals surface area contributed by atoms with Crippen molar-refractivity contribution in [3.05, 3.63) is 53.3 Å². The summed E-state index contributed by atoms with van der Waals surface area (Å²) >= 11 is 1.31. The van der Waals surface area contributed by atoms with Gasteiger partial charge in [0.05, 0.1) is 16.5 Å². The number of aromatic nitrogens is 2. The summed E-state index contributed by atoms with van der Waals surface area (Å²) in [5.41, 5.74) is -1.68. The molecule has 5 nitrogen and oxygen atoms in total. The molecule has 1 aliphatic carbocycles. The number of nitrogens with zero attached hydrogens (tertiary/aromatic N) is 2. The molecule has 1 aliphatic rings. The summed E-state index contributed by atoms with van der Waals surface area (Å²) in [7, 11) is -4.27. The number of thiophene rings is 1. The Balaban J connectivity index is 1.74. The number of anilines is 1. The quantitative estimate of drug-likeness (QED) is 0.499. The Bertz CT molecular complexity index is 1150. The number of alkyl halides is 3. The van der Waals surface area contributed by atoms with Crippen LogP contribution in [0.4, 0.5) is 23.2 Å². The van der Waals surface area contributed by atoms with Crippen molar-refractivity contribution in [2.24, 2.45) is 0 Å². The summed E-state index contributed by atoms with van der Waals surface area (Å²) in [5, 5.41) is 6.26. The minimum atomic E-state index is -4.94. The summed E-state index contributed by atoms with van der Waals surface area (Å²) in [6, 6.07) is 5.55. The maximum Gasteiger partial charge on any atom is 0.419 e. The number of halogens is 4. The Morgan fingerprint density at radius 1 is 1.17 bits per heavy atom. The average molecular weight is 459 g/mol. The molecule has 2 heterocycles. The van der Waals surface area contributed by atoms with E-state index < -0.39 is 27.6 Å². The van der Waals surface area contributed by atoms with Crippen LogP contribution in [-0.2, 0) is 16.2 Å². The molecule has 0 unspecified atom stereocenters. The largest absolute Gasteiger partial charge is 0.419 e. The number of benzene rings is 1. The summed E-state index contributed by atoms with van der Waals surface area (Å²) in [6.07, 6.45) is 0.281. The number of hydrogen-bond acceptors (Lipinski definition) is 4. The fourth-order valence-electron chi connectivity index (χ4n) is 3.53. The van der Waals surface area contributed by atoms with Crippen molar-refractivity contribution in [1.29, 1.82) is 0 Å². The summed E-state index contributed by atoms with van der Waals surface area (Å²) in [6.45, 7) is 0. The third-order valence-electron chi connectivity index (χ3n) is 4.97. The van der Waals surface area contributed by atoms with Crippen LogP contribution in [0, 0.1) is 5.82 Å². The second-order valence-corrected chi connectivity index (χ2v) is 9.63. The fraction of sp³-hybridized carbons (Fsp3) is 0.316. The number of rotatable bonds is 5. The van der Waals surface area contributed by atoms with E-state index in [-0.39, 0.29) is 22.3 Å². The van der Waals surface area contributed by atoms with Crippen molar-refractivity contribution < 1.29 is 26.0 Å². The molecule has 30 heavy (non-hydrogen) atoms. The van der Waals surface area contributed by atoms with Gasteiger partial charge in [0.15, 0.2) is 0 Å². The van der Waals surface area contributed by atoms with Crippen molar-refractivity contribution >= 4 is 27.0 Å². The van der Waals surface area contributed by atoms with Gasteiger partial charge in [-0.25, -0.2) is 12.8 Å². The monoisotopic (exact) mass is 459 g/mol. The molecule has 160 valence electrons. The third-order valence-corrected chi connectivity index (χ3v) is 7.22. The molecule has 0 bridgehead atoms. The van der Waals surface area contributed by atoms with Gasteiger partial charge in [-0.2, -0.15) is 18.3 Å². The molecular formula is C19H17F4N3O2S2. The Kier molecular flexibility index (Phi) is 5.35. The number of sulfonamides is 1. The van der Waals surface area contributed by atoms with E-state index in [0.29, 0.717) is 17.0 Å². The molecule has 0 aliphatic heterocycles. The van der Waals surface area contributed by atoms with Crippen LogP contribution < -0.4 is 4.72 Å². The first-order valence-electron chi connectivity index (χ1n) is 9.18. The van der Waals surface area contributed by atoms with E-state index in [1.807, 2.05) is 0 Å². The smallest absolute Gasteiger partial charge is 0.279 e. The topological polar surface area (TPSA) is 64.0 Å². The summed E-state index contributed by atoms with van der Waals surface area (Å²) in [4.78, 5) is 0.497. The average Bonchev–Trinajstić information content (AvgIpc) is 3.42. The van der Waals surface area contributed by atoms with E-state index in [2.05, 4.69) is 9.82 Å². The Morgan fingerprint density at radius 2 is 1.90 bits per heavy atom. The zero-order chi connectivity index (χ0) is 21.5. The minimum absolute atomic E-state index is 0.0790. The lowest BCUT2D eigenvalue weighted by atomic mass is 10.2. The first-order valence-corrected chi connectivity index (χ1v) is 11.5. The van der Waals surface area contributed by atoms with E-state index in [1.54, 1.807) is 22.2 Å². The maximum absolute atomic E-state index is 13.5. The predicted octanol–water partition coefficient (Wildman–Crippen LogP) is 5.69. The standard InChI is InChI=1S/C19H17F4N3O2S2/c20-15-8-7-12(10-14(15)19(21,22)23)25-30(27,28)17-11-26(13-4-1-2-5-13)24-18(17)16-6-3-9-29-16/h3,6-11,13,25H,1-2,4-5H2. The highest BCUT2D eigenvalue weighted by atomic mass is 32.2. The molecule has 1 aromatic carbocycles. The van der Waals surface area contributed by atoms with Gasteiger partial charge in [0.25, 0.3) is 10.0 Å². The van der Waals surface area contributed by atoms with E-state index in [9.17, 15) is 26.0 Å². The van der Waals surface area contributed by atoms with Crippen LogP contribution in [0.15, 0.2) is 46.8 Å². The first-order chi connectivity index (χ1) is 14.1. The van der Waals surface area contributed by atoms with Gasteiger partial charge in [0, 0.05) is 11.9 Å². The van der Waals surface area contributed by atoms with Crippen LogP contribution in [0.2, 0.25) is 0 Å². The maximum atomic E-state index is 13.5. The molecule has 0 atom stereocenters. The molecule has 0 spiro atoms.